The van der Waals surface area contributed by atoms with E-state index in [1.165, 1.54) is 23.9 Å². The van der Waals surface area contributed by atoms with E-state index in [4.69, 9.17) is 23.2 Å². The first kappa shape index (κ1) is 26.9. The molecule has 0 aliphatic carbocycles. The third-order valence-corrected chi connectivity index (χ3v) is 7.62. The summed E-state index contributed by atoms with van der Waals surface area (Å²) in [5.74, 6) is 0.108. The van der Waals surface area contributed by atoms with Gasteiger partial charge in [-0.1, -0.05) is 108 Å². The number of rotatable bonds is 9. The van der Waals surface area contributed by atoms with Gasteiger partial charge in [0.2, 0.25) is 5.91 Å². The zero-order valence-corrected chi connectivity index (χ0v) is 22.9. The third-order valence-electron chi connectivity index (χ3n) is 6.08. The van der Waals surface area contributed by atoms with Crippen molar-refractivity contribution < 1.29 is 9.18 Å². The molecule has 1 N–H and O–H groups in total. The molecule has 5 nitrogen and oxygen atoms in total. The minimum atomic E-state index is -0.491. The van der Waals surface area contributed by atoms with Crippen molar-refractivity contribution in [2.24, 2.45) is 0 Å². The highest BCUT2D eigenvalue weighted by Gasteiger charge is 2.24. The molecule has 0 aliphatic heterocycles. The van der Waals surface area contributed by atoms with E-state index >= 15 is 0 Å². The zero-order chi connectivity index (χ0) is 27.2. The number of halogens is 3. The summed E-state index contributed by atoms with van der Waals surface area (Å²) in [5, 5.41) is 13.3. The number of aromatic nitrogens is 3. The Morgan fingerprint density at radius 2 is 1.51 bits per heavy atom. The average molecular weight is 578 g/mol. The number of hydrogen-bond donors (Lipinski definition) is 1. The highest BCUT2D eigenvalue weighted by molar-refractivity contribution is 7.98. The number of hydrogen-bond acceptors (Lipinski definition) is 4. The molecule has 0 saturated carbocycles. The van der Waals surface area contributed by atoms with Gasteiger partial charge in [0, 0.05) is 10.8 Å². The first-order valence-corrected chi connectivity index (χ1v) is 13.9. The van der Waals surface area contributed by atoms with Crippen LogP contribution in [-0.2, 0) is 17.1 Å². The van der Waals surface area contributed by atoms with E-state index in [1.807, 2.05) is 65.2 Å². The van der Waals surface area contributed by atoms with Gasteiger partial charge in [0.15, 0.2) is 11.0 Å². The van der Waals surface area contributed by atoms with Crippen molar-refractivity contribution >= 4 is 40.9 Å². The van der Waals surface area contributed by atoms with Crippen molar-refractivity contribution in [3.63, 3.8) is 0 Å². The van der Waals surface area contributed by atoms with Crippen LogP contribution in [0.15, 0.2) is 108 Å². The van der Waals surface area contributed by atoms with Crippen LogP contribution in [-0.4, -0.2) is 20.7 Å². The van der Waals surface area contributed by atoms with Gasteiger partial charge in [0.25, 0.3) is 0 Å². The first-order valence-electron chi connectivity index (χ1n) is 12.1. The Hall–Kier alpha value is -3.65. The number of amides is 1. The molecule has 1 heterocycles. The van der Waals surface area contributed by atoms with Gasteiger partial charge in [-0.05, 0) is 47.0 Å². The highest BCUT2D eigenvalue weighted by atomic mass is 35.5. The van der Waals surface area contributed by atoms with Gasteiger partial charge in [-0.3, -0.25) is 9.36 Å². The maximum atomic E-state index is 13.6. The molecule has 5 aromatic rings. The van der Waals surface area contributed by atoms with E-state index < -0.39 is 5.92 Å². The smallest absolute Gasteiger partial charge is 0.232 e. The molecule has 0 radical (unpaired) electrons. The number of benzene rings is 4. The van der Waals surface area contributed by atoms with Crippen LogP contribution < -0.4 is 5.32 Å². The maximum absolute atomic E-state index is 13.6. The summed E-state index contributed by atoms with van der Waals surface area (Å²) >= 11 is 14.2. The molecule has 0 fully saturated rings. The van der Waals surface area contributed by atoms with Crippen LogP contribution in [0.5, 0.6) is 0 Å². The van der Waals surface area contributed by atoms with Gasteiger partial charge in [0.05, 0.1) is 23.2 Å². The van der Waals surface area contributed by atoms with Crippen LogP contribution in [0.25, 0.3) is 5.69 Å². The summed E-state index contributed by atoms with van der Waals surface area (Å²) in [6.07, 6.45) is 0. The monoisotopic (exact) mass is 576 g/mol. The molecule has 4 aromatic carbocycles. The van der Waals surface area contributed by atoms with Crippen LogP contribution >= 0.6 is 35.0 Å². The highest BCUT2D eigenvalue weighted by Crippen LogP contribution is 2.31. The Bertz CT molecular complexity index is 1520. The summed E-state index contributed by atoms with van der Waals surface area (Å²) in [5.41, 5.74) is 3.35. The van der Waals surface area contributed by atoms with E-state index in [0.717, 1.165) is 16.7 Å². The molecule has 0 saturated heterocycles. The van der Waals surface area contributed by atoms with Gasteiger partial charge in [-0.15, -0.1) is 10.2 Å². The molecule has 1 aromatic heterocycles. The van der Waals surface area contributed by atoms with Crippen molar-refractivity contribution in [1.29, 1.82) is 0 Å². The fourth-order valence-electron chi connectivity index (χ4n) is 4.20. The van der Waals surface area contributed by atoms with Gasteiger partial charge in [-0.25, -0.2) is 4.39 Å². The zero-order valence-electron chi connectivity index (χ0n) is 20.6. The largest absolute Gasteiger partial charge is 0.348 e. The van der Waals surface area contributed by atoms with Crippen molar-refractivity contribution in [3.8, 4) is 5.69 Å². The van der Waals surface area contributed by atoms with Crippen molar-refractivity contribution in [3.05, 3.63) is 142 Å². The van der Waals surface area contributed by atoms with Crippen LogP contribution in [0.1, 0.15) is 28.4 Å². The maximum Gasteiger partial charge on any atom is 0.232 e. The van der Waals surface area contributed by atoms with E-state index in [1.54, 1.807) is 30.3 Å². The molecule has 1 amide bonds. The average Bonchev–Trinajstić information content (AvgIpc) is 3.35. The Morgan fingerprint density at radius 1 is 0.872 bits per heavy atom. The Labute approximate surface area is 240 Å². The molecular formula is C30H23Cl2FN4OS. The number of nitrogens with one attached hydrogen (secondary N) is 1. The lowest BCUT2D eigenvalue weighted by Crippen LogP contribution is -2.30. The second-order valence-corrected chi connectivity index (χ2v) is 10.5. The molecule has 39 heavy (non-hydrogen) atoms. The lowest BCUT2D eigenvalue weighted by atomic mass is 9.90. The van der Waals surface area contributed by atoms with E-state index in [9.17, 15) is 9.18 Å². The summed E-state index contributed by atoms with van der Waals surface area (Å²) in [6.45, 7) is 0.123. The fraction of sp³-hybridized carbons (Fsp3) is 0.100. The molecule has 5 rings (SSSR count). The van der Waals surface area contributed by atoms with Gasteiger partial charge < -0.3 is 5.32 Å². The Kier molecular flexibility index (Phi) is 8.61. The first-order chi connectivity index (χ1) is 19.0. The van der Waals surface area contributed by atoms with Crippen LogP contribution in [0, 0.1) is 5.82 Å². The van der Waals surface area contributed by atoms with Crippen LogP contribution in [0.4, 0.5) is 4.39 Å². The summed E-state index contributed by atoms with van der Waals surface area (Å²) in [7, 11) is 0. The molecule has 0 bridgehead atoms. The molecule has 0 aliphatic rings. The van der Waals surface area contributed by atoms with Crippen molar-refractivity contribution in [1.82, 2.24) is 20.1 Å². The van der Waals surface area contributed by atoms with Crippen molar-refractivity contribution in [2.75, 3.05) is 0 Å². The Balaban J connectivity index is 1.43. The molecule has 9 heteroatoms. The molecule has 0 spiro atoms. The summed E-state index contributed by atoms with van der Waals surface area (Å²) in [4.78, 5) is 13.6. The number of thioether (sulfide) groups is 1. The van der Waals surface area contributed by atoms with E-state index in [2.05, 4.69) is 15.5 Å². The predicted molar refractivity (Wildman–Crippen MR) is 154 cm³/mol. The molecular weight excluding hydrogens is 554 g/mol. The van der Waals surface area contributed by atoms with Crippen LogP contribution in [0.2, 0.25) is 10.0 Å². The molecule has 0 unspecified atom stereocenters. The van der Waals surface area contributed by atoms with Gasteiger partial charge in [0.1, 0.15) is 5.82 Å². The second-order valence-electron chi connectivity index (χ2n) is 8.72. The predicted octanol–water partition coefficient (Wildman–Crippen LogP) is 7.45. The lowest BCUT2D eigenvalue weighted by Gasteiger charge is -2.18. The van der Waals surface area contributed by atoms with Gasteiger partial charge >= 0.3 is 0 Å². The quantitative estimate of drug-likeness (QED) is 0.185. The minimum absolute atomic E-state index is 0.123. The van der Waals surface area contributed by atoms with Crippen molar-refractivity contribution in [2.45, 2.75) is 23.4 Å². The van der Waals surface area contributed by atoms with Crippen LogP contribution in [0.3, 0.4) is 0 Å². The summed E-state index contributed by atoms with van der Waals surface area (Å²) < 4.78 is 15.2. The van der Waals surface area contributed by atoms with E-state index in [0.29, 0.717) is 32.5 Å². The molecule has 0 atom stereocenters. The number of nitrogens with zero attached hydrogens (tertiary/aromatic N) is 3. The van der Waals surface area contributed by atoms with E-state index in [-0.39, 0.29) is 18.3 Å². The SMILES string of the molecule is O=C(NCc1nnc(SCc2ccc(F)cc2)n1-c1ccc(Cl)cc1Cl)C(c1ccccc1)c1ccccc1. The number of carbonyl (C=O) groups is 1. The molecule has 196 valence electrons. The fourth-order valence-corrected chi connectivity index (χ4v) is 5.61. The lowest BCUT2D eigenvalue weighted by molar-refractivity contribution is -0.121. The standard InChI is InChI=1S/C30H23Cl2FN4OS/c31-23-13-16-26(25(32)17-23)37-27(35-36-30(37)39-19-20-11-14-24(33)15-12-20)18-34-29(38)28(21-7-3-1-4-8-21)22-9-5-2-6-10-22/h1-17,28H,18-19H2,(H,34,38). The third kappa shape index (κ3) is 6.50. The van der Waals surface area contributed by atoms with Gasteiger partial charge in [-0.2, -0.15) is 0 Å². The number of carbonyl (C=O) groups excluding carboxylic acids is 1. The minimum Gasteiger partial charge on any atom is -0.348 e. The normalized spacial score (nSPS) is 11.1. The topological polar surface area (TPSA) is 59.8 Å². The second kappa shape index (κ2) is 12.5. The Morgan fingerprint density at radius 3 is 2.13 bits per heavy atom. The summed E-state index contributed by atoms with van der Waals surface area (Å²) in [6, 6.07) is 30.8.